The van der Waals surface area contributed by atoms with Crippen molar-refractivity contribution in [2.24, 2.45) is 11.7 Å². The van der Waals surface area contributed by atoms with E-state index in [9.17, 15) is 0 Å². The van der Waals surface area contributed by atoms with Gasteiger partial charge in [0, 0.05) is 10.9 Å². The largest absolute Gasteiger partial charge is 0.330 e. The summed E-state index contributed by atoms with van der Waals surface area (Å²) in [7, 11) is 0. The molecule has 2 heteroatoms. The minimum absolute atomic E-state index is 0.453. The Labute approximate surface area is 103 Å². The van der Waals surface area contributed by atoms with Gasteiger partial charge in [0.25, 0.3) is 0 Å². The van der Waals surface area contributed by atoms with E-state index in [2.05, 4.69) is 12.1 Å². The molecule has 1 aliphatic carbocycles. The molecular formula is C14H20ClN. The first-order valence-electron chi connectivity index (χ1n) is 6.27. The molecule has 0 saturated heterocycles. The SMILES string of the molecule is NCC(c1ccccc1Cl)C1CCCCC1. The maximum atomic E-state index is 6.26. The average molecular weight is 238 g/mol. The van der Waals surface area contributed by atoms with Crippen LogP contribution in [0, 0.1) is 5.92 Å². The van der Waals surface area contributed by atoms with Gasteiger partial charge in [-0.1, -0.05) is 49.1 Å². The summed E-state index contributed by atoms with van der Waals surface area (Å²) in [6.45, 7) is 0.717. The third-order valence-corrected chi connectivity index (χ3v) is 4.12. The van der Waals surface area contributed by atoms with Crippen molar-refractivity contribution < 1.29 is 0 Å². The molecule has 1 aromatic carbocycles. The molecule has 1 unspecified atom stereocenters. The van der Waals surface area contributed by atoms with Crippen LogP contribution < -0.4 is 5.73 Å². The molecule has 1 fully saturated rings. The maximum absolute atomic E-state index is 6.26. The molecule has 1 nitrogen and oxygen atoms in total. The number of hydrogen-bond acceptors (Lipinski definition) is 1. The van der Waals surface area contributed by atoms with E-state index < -0.39 is 0 Å². The topological polar surface area (TPSA) is 26.0 Å². The Kier molecular flexibility index (Phi) is 4.25. The van der Waals surface area contributed by atoms with E-state index in [1.807, 2.05) is 12.1 Å². The normalized spacial score (nSPS) is 19.6. The van der Waals surface area contributed by atoms with E-state index in [4.69, 9.17) is 17.3 Å². The lowest BCUT2D eigenvalue weighted by molar-refractivity contribution is 0.307. The van der Waals surface area contributed by atoms with Crippen LogP contribution in [0.25, 0.3) is 0 Å². The van der Waals surface area contributed by atoms with E-state index in [1.54, 1.807) is 0 Å². The zero-order valence-corrected chi connectivity index (χ0v) is 10.4. The second-order valence-corrected chi connectivity index (χ2v) is 5.17. The Morgan fingerprint density at radius 1 is 1.19 bits per heavy atom. The quantitative estimate of drug-likeness (QED) is 0.846. The molecule has 16 heavy (non-hydrogen) atoms. The summed E-state index contributed by atoms with van der Waals surface area (Å²) in [5, 5.41) is 0.878. The summed E-state index contributed by atoms with van der Waals surface area (Å²) in [4.78, 5) is 0. The molecule has 0 aromatic heterocycles. The molecule has 1 atom stereocenters. The highest BCUT2D eigenvalue weighted by molar-refractivity contribution is 6.31. The summed E-state index contributed by atoms with van der Waals surface area (Å²) in [6.07, 6.45) is 6.72. The van der Waals surface area contributed by atoms with Crippen molar-refractivity contribution in [3.05, 3.63) is 34.9 Å². The van der Waals surface area contributed by atoms with E-state index in [0.717, 1.165) is 10.9 Å². The van der Waals surface area contributed by atoms with Crippen molar-refractivity contribution in [1.29, 1.82) is 0 Å². The van der Waals surface area contributed by atoms with Crippen LogP contribution in [0.5, 0.6) is 0 Å². The Hall–Kier alpha value is -0.530. The molecule has 0 aliphatic heterocycles. The monoisotopic (exact) mass is 237 g/mol. The second-order valence-electron chi connectivity index (χ2n) is 4.76. The molecule has 1 saturated carbocycles. The predicted molar refractivity (Wildman–Crippen MR) is 69.8 cm³/mol. The maximum Gasteiger partial charge on any atom is 0.0441 e. The van der Waals surface area contributed by atoms with Crippen molar-refractivity contribution >= 4 is 11.6 Å². The molecule has 0 radical (unpaired) electrons. The fourth-order valence-electron chi connectivity index (χ4n) is 2.89. The summed E-state index contributed by atoms with van der Waals surface area (Å²) in [5.74, 6) is 1.19. The van der Waals surface area contributed by atoms with Gasteiger partial charge in [0.1, 0.15) is 0 Å². The summed E-state index contributed by atoms with van der Waals surface area (Å²) < 4.78 is 0. The van der Waals surface area contributed by atoms with Crippen molar-refractivity contribution in [2.45, 2.75) is 38.0 Å². The van der Waals surface area contributed by atoms with E-state index >= 15 is 0 Å². The Bertz CT molecular complexity index is 331. The Balaban J connectivity index is 2.18. The first-order chi connectivity index (χ1) is 7.83. The van der Waals surface area contributed by atoms with E-state index in [1.165, 1.54) is 37.7 Å². The molecule has 88 valence electrons. The lowest BCUT2D eigenvalue weighted by Crippen LogP contribution is -2.23. The molecule has 0 heterocycles. The minimum Gasteiger partial charge on any atom is -0.330 e. The fraction of sp³-hybridized carbons (Fsp3) is 0.571. The van der Waals surface area contributed by atoms with Gasteiger partial charge >= 0.3 is 0 Å². The second kappa shape index (κ2) is 5.70. The molecule has 2 N–H and O–H groups in total. The van der Waals surface area contributed by atoms with Crippen molar-refractivity contribution in [3.8, 4) is 0 Å². The molecule has 0 spiro atoms. The first kappa shape index (κ1) is 11.9. The summed E-state index contributed by atoms with van der Waals surface area (Å²) >= 11 is 6.26. The third-order valence-electron chi connectivity index (χ3n) is 3.78. The van der Waals surface area contributed by atoms with Crippen LogP contribution in [0.4, 0.5) is 0 Å². The zero-order valence-electron chi connectivity index (χ0n) is 9.66. The summed E-state index contributed by atoms with van der Waals surface area (Å²) in [5.41, 5.74) is 7.19. The van der Waals surface area contributed by atoms with Crippen LogP contribution in [0.1, 0.15) is 43.6 Å². The molecule has 0 amide bonds. The molecule has 1 aliphatic rings. The van der Waals surface area contributed by atoms with E-state index in [0.29, 0.717) is 12.5 Å². The van der Waals surface area contributed by atoms with Gasteiger partial charge < -0.3 is 5.73 Å². The molecule has 0 bridgehead atoms. The molecule has 2 rings (SSSR count). The number of halogens is 1. The number of rotatable bonds is 3. The van der Waals surface area contributed by atoms with Gasteiger partial charge in [0.05, 0.1) is 0 Å². The van der Waals surface area contributed by atoms with Crippen LogP contribution in [0.2, 0.25) is 5.02 Å². The highest BCUT2D eigenvalue weighted by atomic mass is 35.5. The van der Waals surface area contributed by atoms with Crippen LogP contribution in [-0.4, -0.2) is 6.54 Å². The summed E-state index contributed by atoms with van der Waals surface area (Å²) in [6, 6.07) is 8.16. The Morgan fingerprint density at radius 3 is 2.50 bits per heavy atom. The fourth-order valence-corrected chi connectivity index (χ4v) is 3.16. The first-order valence-corrected chi connectivity index (χ1v) is 6.65. The van der Waals surface area contributed by atoms with Gasteiger partial charge in [-0.25, -0.2) is 0 Å². The van der Waals surface area contributed by atoms with Crippen molar-refractivity contribution in [1.82, 2.24) is 0 Å². The molecule has 1 aromatic rings. The number of hydrogen-bond donors (Lipinski definition) is 1. The Morgan fingerprint density at radius 2 is 1.88 bits per heavy atom. The number of nitrogens with two attached hydrogens (primary N) is 1. The standard InChI is InChI=1S/C14H20ClN/c15-14-9-5-4-8-12(14)13(10-16)11-6-2-1-3-7-11/h4-5,8-9,11,13H,1-3,6-7,10,16H2. The van der Waals surface area contributed by atoms with E-state index in [-0.39, 0.29) is 0 Å². The van der Waals surface area contributed by atoms with Crippen LogP contribution in [0.3, 0.4) is 0 Å². The predicted octanol–water partition coefficient (Wildman–Crippen LogP) is 3.96. The smallest absolute Gasteiger partial charge is 0.0441 e. The minimum atomic E-state index is 0.453. The van der Waals surface area contributed by atoms with Crippen molar-refractivity contribution in [2.75, 3.05) is 6.54 Å². The van der Waals surface area contributed by atoms with Crippen LogP contribution in [-0.2, 0) is 0 Å². The highest BCUT2D eigenvalue weighted by Gasteiger charge is 2.25. The van der Waals surface area contributed by atoms with Crippen LogP contribution in [0.15, 0.2) is 24.3 Å². The van der Waals surface area contributed by atoms with Gasteiger partial charge in [-0.05, 0) is 36.9 Å². The zero-order chi connectivity index (χ0) is 11.4. The highest BCUT2D eigenvalue weighted by Crippen LogP contribution is 2.37. The lowest BCUT2D eigenvalue weighted by atomic mass is 9.77. The molecular weight excluding hydrogens is 218 g/mol. The third kappa shape index (κ3) is 2.58. The average Bonchev–Trinajstić information content (AvgIpc) is 2.34. The lowest BCUT2D eigenvalue weighted by Gasteiger charge is -2.30. The van der Waals surface area contributed by atoms with Gasteiger partial charge in [-0.3, -0.25) is 0 Å². The van der Waals surface area contributed by atoms with Gasteiger partial charge in [0.2, 0.25) is 0 Å². The van der Waals surface area contributed by atoms with Gasteiger partial charge in [0.15, 0.2) is 0 Å². The van der Waals surface area contributed by atoms with Gasteiger partial charge in [-0.2, -0.15) is 0 Å². The van der Waals surface area contributed by atoms with Crippen LogP contribution >= 0.6 is 11.6 Å². The number of benzene rings is 1. The van der Waals surface area contributed by atoms with Crippen molar-refractivity contribution in [3.63, 3.8) is 0 Å². The van der Waals surface area contributed by atoms with Gasteiger partial charge in [-0.15, -0.1) is 0 Å².